The number of carbonyl (C=O) groups excluding carboxylic acids is 2. The summed E-state index contributed by atoms with van der Waals surface area (Å²) < 4.78 is 24.7. The molecule has 4 atom stereocenters. The van der Waals surface area contributed by atoms with Crippen molar-refractivity contribution >= 4 is 54.1 Å². The number of rotatable bonds is 11. The molecular formula is C37H40ClFN6O4Si. The molecule has 3 aromatic carbocycles. The van der Waals surface area contributed by atoms with E-state index in [-0.39, 0.29) is 31.4 Å². The number of fused-ring (bicyclic) bond motifs is 3. The highest BCUT2D eigenvalue weighted by atomic mass is 35.5. The summed E-state index contributed by atoms with van der Waals surface area (Å²) in [5.41, 5.74) is 3.57. The van der Waals surface area contributed by atoms with Gasteiger partial charge in [-0.1, -0.05) is 54.1 Å². The second-order valence-electron chi connectivity index (χ2n) is 13.8. The van der Waals surface area contributed by atoms with Crippen molar-refractivity contribution in [3.63, 3.8) is 0 Å². The normalized spacial score (nSPS) is 21.8. The average Bonchev–Trinajstić information content (AvgIpc) is 3.83. The van der Waals surface area contributed by atoms with Crippen molar-refractivity contribution in [3.05, 3.63) is 107 Å². The Bertz CT molecular complexity index is 2050. The molecule has 50 heavy (non-hydrogen) atoms. The lowest BCUT2D eigenvalue weighted by Crippen LogP contribution is -2.45. The van der Waals surface area contributed by atoms with Crippen molar-refractivity contribution in [1.29, 1.82) is 0 Å². The Kier molecular flexibility index (Phi) is 9.14. The van der Waals surface area contributed by atoms with Gasteiger partial charge in [-0.25, -0.2) is 0 Å². The molecule has 2 aliphatic rings. The van der Waals surface area contributed by atoms with Gasteiger partial charge in [-0.15, -0.1) is 5.10 Å². The zero-order valence-electron chi connectivity index (χ0n) is 28.2. The van der Waals surface area contributed by atoms with Crippen LogP contribution in [0.25, 0.3) is 10.9 Å². The zero-order chi connectivity index (χ0) is 35.2. The Morgan fingerprint density at radius 3 is 2.70 bits per heavy atom. The van der Waals surface area contributed by atoms with Crippen molar-refractivity contribution < 1.29 is 23.5 Å². The number of aliphatic hydroxyl groups excluding tert-OH is 1. The van der Waals surface area contributed by atoms with Crippen molar-refractivity contribution in [2.24, 2.45) is 5.92 Å². The summed E-state index contributed by atoms with van der Waals surface area (Å²) in [6, 6.07) is 20.7. The molecular weight excluding hydrogens is 675 g/mol. The van der Waals surface area contributed by atoms with Gasteiger partial charge in [0.15, 0.2) is 5.60 Å². The maximum Gasteiger partial charge on any atom is 0.264 e. The summed E-state index contributed by atoms with van der Waals surface area (Å²) in [6.45, 7) is 5.94. The predicted molar refractivity (Wildman–Crippen MR) is 193 cm³/mol. The molecule has 7 rings (SSSR count). The minimum atomic E-state index is -3.35. The maximum atomic E-state index is 16.2. The van der Waals surface area contributed by atoms with Gasteiger partial charge in [-0.3, -0.25) is 14.3 Å². The second kappa shape index (κ2) is 13.4. The minimum absolute atomic E-state index is 0.0258. The van der Waals surface area contributed by atoms with Crippen LogP contribution in [0.3, 0.4) is 0 Å². The number of anilines is 2. The molecule has 2 amide bonds. The third kappa shape index (κ3) is 6.25. The van der Waals surface area contributed by atoms with Gasteiger partial charge in [0.2, 0.25) is 14.3 Å². The van der Waals surface area contributed by atoms with Crippen molar-refractivity contribution in [1.82, 2.24) is 20.0 Å². The number of H-pyrrole nitrogens is 1. The number of carbonyl (C=O) groups is 2. The van der Waals surface area contributed by atoms with Crippen LogP contribution >= 0.6 is 11.6 Å². The first-order valence-corrected chi connectivity index (χ1v) is 20.2. The van der Waals surface area contributed by atoms with E-state index in [1.165, 1.54) is 0 Å². The smallest absolute Gasteiger partial charge is 0.264 e. The quantitative estimate of drug-likeness (QED) is 0.105. The average molecular weight is 715 g/mol. The molecule has 10 nitrogen and oxygen atoms in total. The number of aliphatic hydroxyl groups is 1. The zero-order valence-corrected chi connectivity index (χ0v) is 30.0. The molecule has 3 N–H and O–H groups in total. The van der Waals surface area contributed by atoms with E-state index in [1.807, 2.05) is 67.7 Å². The standard InChI is InChI=1S/C37H40ClFN6O4Si/c1-23-35(50(2,3)39)33(14-16-44-22-28(15-17-46)42-43-44)49-37(23)30-19-26(38)10-13-32(30)45(36(37)48)21-24-8-11-27(12-9-24)41-34(47)18-25-20-40-31-7-5-4-6-29(25)31/h4-13,19-20,22-23,33,35,40,46H,14-18,21H2,1-3H3,(H,41,47)/t23-,33+,35-,37+/m0/s1. The van der Waals surface area contributed by atoms with Crippen LogP contribution in [-0.4, -0.2) is 58.0 Å². The Balaban J connectivity index is 1.10. The van der Waals surface area contributed by atoms with Crippen LogP contribution in [0.5, 0.6) is 0 Å². The Morgan fingerprint density at radius 2 is 1.94 bits per heavy atom. The number of aryl methyl sites for hydroxylation is 1. The monoisotopic (exact) mass is 714 g/mol. The molecule has 4 heterocycles. The van der Waals surface area contributed by atoms with Gasteiger partial charge >= 0.3 is 0 Å². The number of benzene rings is 3. The number of nitrogens with zero attached hydrogens (tertiary/aromatic N) is 4. The largest absolute Gasteiger partial charge is 0.396 e. The maximum absolute atomic E-state index is 16.2. The fraction of sp³-hybridized carbons (Fsp3) is 0.351. The fourth-order valence-electron chi connectivity index (χ4n) is 7.91. The number of aromatic amines is 1. The van der Waals surface area contributed by atoms with Crippen molar-refractivity contribution in [2.75, 3.05) is 16.8 Å². The number of hydrogen-bond donors (Lipinski definition) is 3. The van der Waals surface area contributed by atoms with E-state index in [9.17, 15) is 14.7 Å². The van der Waals surface area contributed by atoms with Gasteiger partial charge in [-0.05, 0) is 67.0 Å². The molecule has 1 spiro atoms. The molecule has 260 valence electrons. The third-order valence-corrected chi connectivity index (χ3v) is 12.8. The lowest BCUT2D eigenvalue weighted by Gasteiger charge is -2.31. The first-order chi connectivity index (χ1) is 24.0. The van der Waals surface area contributed by atoms with Crippen LogP contribution in [0.1, 0.15) is 35.7 Å². The lowest BCUT2D eigenvalue weighted by molar-refractivity contribution is -0.146. The van der Waals surface area contributed by atoms with Crippen LogP contribution < -0.4 is 10.2 Å². The third-order valence-electron chi connectivity index (χ3n) is 10.1. The van der Waals surface area contributed by atoms with Crippen LogP contribution in [0.15, 0.2) is 79.1 Å². The Hall–Kier alpha value is -4.36. The summed E-state index contributed by atoms with van der Waals surface area (Å²) in [4.78, 5) is 32.5. The topological polar surface area (TPSA) is 125 Å². The van der Waals surface area contributed by atoms with Crippen LogP contribution in [0, 0.1) is 5.92 Å². The van der Waals surface area contributed by atoms with E-state index in [1.54, 1.807) is 41.0 Å². The Labute approximate surface area is 295 Å². The second-order valence-corrected chi connectivity index (χ2v) is 18.1. The van der Waals surface area contributed by atoms with Crippen molar-refractivity contribution in [3.8, 4) is 0 Å². The summed E-state index contributed by atoms with van der Waals surface area (Å²) in [5, 5.41) is 22.0. The number of amides is 2. The van der Waals surface area contributed by atoms with Gasteiger partial charge in [0.1, 0.15) is 0 Å². The van der Waals surface area contributed by atoms with E-state index in [2.05, 4.69) is 20.6 Å². The highest BCUT2D eigenvalue weighted by Crippen LogP contribution is 2.60. The number of hydrogen-bond acceptors (Lipinski definition) is 6. The van der Waals surface area contributed by atoms with E-state index < -0.39 is 31.6 Å². The van der Waals surface area contributed by atoms with Crippen LogP contribution in [-0.2, 0) is 45.9 Å². The molecule has 2 aliphatic heterocycles. The van der Waals surface area contributed by atoms with E-state index in [0.29, 0.717) is 47.0 Å². The van der Waals surface area contributed by atoms with Gasteiger partial charge in [0.25, 0.3) is 5.91 Å². The SMILES string of the molecule is C[C@H]1[C@H]([Si](C)(C)F)[C@@H](CCn2cc(CCO)nn2)O[C@]12C(=O)N(Cc1ccc(NC(=O)Cc3c[nH]c4ccccc34)cc1)c1ccc(Cl)cc12. The first kappa shape index (κ1) is 34.1. The molecule has 0 aliphatic carbocycles. The number of nitrogens with one attached hydrogen (secondary N) is 2. The van der Waals surface area contributed by atoms with Gasteiger partial charge in [0.05, 0.1) is 30.5 Å². The number of para-hydroxylation sites is 1. The number of aromatic nitrogens is 4. The van der Waals surface area contributed by atoms with E-state index in [0.717, 1.165) is 22.0 Å². The molecule has 0 saturated carbocycles. The Morgan fingerprint density at radius 1 is 1.16 bits per heavy atom. The lowest BCUT2D eigenvalue weighted by atomic mass is 9.82. The summed E-state index contributed by atoms with van der Waals surface area (Å²) in [7, 11) is -3.35. The van der Waals surface area contributed by atoms with Gasteiger partial charge in [-0.2, -0.15) is 0 Å². The van der Waals surface area contributed by atoms with Gasteiger partial charge in [0, 0.05) is 70.6 Å². The molecule has 13 heteroatoms. The number of halogens is 2. The minimum Gasteiger partial charge on any atom is -0.396 e. The fourth-order valence-corrected chi connectivity index (χ4v) is 10.6. The van der Waals surface area contributed by atoms with Crippen LogP contribution in [0.2, 0.25) is 23.7 Å². The summed E-state index contributed by atoms with van der Waals surface area (Å²) in [5.74, 6) is -0.824. The molecule has 5 aromatic rings. The molecule has 1 fully saturated rings. The van der Waals surface area contributed by atoms with Crippen molar-refractivity contribution in [2.45, 2.75) is 69.6 Å². The summed E-state index contributed by atoms with van der Waals surface area (Å²) in [6.07, 6.45) is 4.17. The predicted octanol–water partition coefficient (Wildman–Crippen LogP) is 6.54. The molecule has 0 radical (unpaired) electrons. The first-order valence-electron chi connectivity index (χ1n) is 16.9. The molecule has 1 saturated heterocycles. The molecule has 0 unspecified atom stereocenters. The van der Waals surface area contributed by atoms with Crippen LogP contribution in [0.4, 0.5) is 15.5 Å². The molecule has 0 bridgehead atoms. The summed E-state index contributed by atoms with van der Waals surface area (Å²) >= 11 is 6.53. The molecule has 2 aromatic heterocycles. The van der Waals surface area contributed by atoms with E-state index >= 15 is 4.11 Å². The number of ether oxygens (including phenoxy) is 1. The highest BCUT2D eigenvalue weighted by Gasteiger charge is 2.66. The highest BCUT2D eigenvalue weighted by molar-refractivity contribution is 6.72. The van der Waals surface area contributed by atoms with Gasteiger partial charge < -0.3 is 29.2 Å². The van der Waals surface area contributed by atoms with E-state index in [4.69, 9.17) is 16.3 Å².